The number of carboxylic acid groups (broad SMARTS) is 1. The molecule has 0 bridgehead atoms. The van der Waals surface area contributed by atoms with Gasteiger partial charge in [0.25, 0.3) is 0 Å². The van der Waals surface area contributed by atoms with Gasteiger partial charge in [0.15, 0.2) is 0 Å². The van der Waals surface area contributed by atoms with Crippen molar-refractivity contribution in [1.29, 1.82) is 0 Å². The largest absolute Gasteiger partial charge is 0.478 e. The molecule has 0 atom stereocenters. The van der Waals surface area contributed by atoms with Crippen LogP contribution in [0.15, 0.2) is 18.2 Å². The number of hydrogen-bond donors (Lipinski definition) is 1. The Balaban J connectivity index is 2.61. The molecule has 1 aliphatic heterocycles. The Hall–Kier alpha value is -2.38. The van der Waals surface area contributed by atoms with Crippen LogP contribution in [0.3, 0.4) is 0 Å². The van der Waals surface area contributed by atoms with Crippen LogP contribution in [-0.2, 0) is 15.8 Å². The van der Waals surface area contributed by atoms with E-state index in [4.69, 9.17) is 5.11 Å². The van der Waals surface area contributed by atoms with Gasteiger partial charge in [-0.15, -0.1) is 0 Å². The molecule has 0 aromatic heterocycles. The molecule has 1 heterocycles. The summed E-state index contributed by atoms with van der Waals surface area (Å²) in [6.07, 6.45) is -4.99. The van der Waals surface area contributed by atoms with Crippen molar-refractivity contribution < 1.29 is 32.7 Å². The second kappa shape index (κ2) is 4.62. The molecule has 106 valence electrons. The molecule has 1 N–H and O–H groups in total. The molecule has 0 spiro atoms. The van der Waals surface area contributed by atoms with Crippen molar-refractivity contribution in [3.05, 3.63) is 29.3 Å². The molecular formula is C12H8F3NO4. The van der Waals surface area contributed by atoms with E-state index >= 15 is 0 Å². The number of hydrogen-bond acceptors (Lipinski definition) is 3. The molecule has 0 saturated carbocycles. The summed E-state index contributed by atoms with van der Waals surface area (Å²) in [6.45, 7) is 0. The fourth-order valence-corrected chi connectivity index (χ4v) is 1.92. The molecule has 0 aliphatic carbocycles. The van der Waals surface area contributed by atoms with Gasteiger partial charge in [0, 0.05) is 12.8 Å². The average Bonchev–Trinajstić information content (AvgIpc) is 2.67. The number of amides is 2. The molecule has 1 aromatic rings. The Kier molecular flexibility index (Phi) is 3.24. The smallest absolute Gasteiger partial charge is 0.416 e. The summed E-state index contributed by atoms with van der Waals surface area (Å²) in [4.78, 5) is 34.6. The Morgan fingerprint density at radius 2 is 1.70 bits per heavy atom. The van der Waals surface area contributed by atoms with Crippen molar-refractivity contribution in [2.45, 2.75) is 19.0 Å². The zero-order valence-electron chi connectivity index (χ0n) is 9.90. The van der Waals surface area contributed by atoms with Gasteiger partial charge in [0.1, 0.15) is 0 Å². The summed E-state index contributed by atoms with van der Waals surface area (Å²) in [7, 11) is 0. The predicted octanol–water partition coefficient (Wildman–Crippen LogP) is 2.06. The maximum Gasteiger partial charge on any atom is 0.416 e. The van der Waals surface area contributed by atoms with E-state index in [1.807, 2.05) is 0 Å². The van der Waals surface area contributed by atoms with Crippen LogP contribution in [0, 0.1) is 0 Å². The van der Waals surface area contributed by atoms with E-state index < -0.39 is 40.8 Å². The Labute approximate surface area is 110 Å². The van der Waals surface area contributed by atoms with Crippen molar-refractivity contribution in [2.75, 3.05) is 4.90 Å². The number of halogens is 3. The topological polar surface area (TPSA) is 74.7 Å². The summed E-state index contributed by atoms with van der Waals surface area (Å²) in [5, 5.41) is 8.96. The number of alkyl halides is 3. The monoisotopic (exact) mass is 287 g/mol. The first kappa shape index (κ1) is 14.0. The van der Waals surface area contributed by atoms with Gasteiger partial charge in [-0.2, -0.15) is 13.2 Å². The minimum absolute atomic E-state index is 0.145. The summed E-state index contributed by atoms with van der Waals surface area (Å²) in [6, 6.07) is 1.84. The fourth-order valence-electron chi connectivity index (χ4n) is 1.92. The fraction of sp³-hybridized carbons (Fsp3) is 0.250. The SMILES string of the molecule is O=C(O)c1ccc(C(F)(F)F)cc1N1C(=O)CCC1=O. The third kappa shape index (κ3) is 2.36. The predicted molar refractivity (Wildman–Crippen MR) is 60.1 cm³/mol. The zero-order valence-corrected chi connectivity index (χ0v) is 9.90. The lowest BCUT2D eigenvalue weighted by molar-refractivity contribution is -0.137. The van der Waals surface area contributed by atoms with E-state index in [0.717, 1.165) is 6.07 Å². The van der Waals surface area contributed by atoms with E-state index in [9.17, 15) is 27.6 Å². The maximum absolute atomic E-state index is 12.6. The first-order chi connectivity index (χ1) is 9.21. The average molecular weight is 287 g/mol. The molecule has 1 aliphatic rings. The number of imide groups is 1. The van der Waals surface area contributed by atoms with Crippen molar-refractivity contribution in [3.8, 4) is 0 Å². The molecule has 2 amide bonds. The molecule has 1 aromatic carbocycles. The lowest BCUT2D eigenvalue weighted by Crippen LogP contribution is -2.30. The van der Waals surface area contributed by atoms with E-state index in [-0.39, 0.29) is 12.8 Å². The van der Waals surface area contributed by atoms with Crippen LogP contribution in [-0.4, -0.2) is 22.9 Å². The van der Waals surface area contributed by atoms with Gasteiger partial charge in [-0.25, -0.2) is 9.69 Å². The molecule has 0 radical (unpaired) electrons. The van der Waals surface area contributed by atoms with Gasteiger partial charge in [-0.3, -0.25) is 9.59 Å². The molecular weight excluding hydrogens is 279 g/mol. The number of carbonyl (C=O) groups excluding carboxylic acids is 2. The third-order valence-corrected chi connectivity index (χ3v) is 2.85. The summed E-state index contributed by atoms with van der Waals surface area (Å²) < 4.78 is 37.9. The van der Waals surface area contributed by atoms with E-state index in [2.05, 4.69) is 0 Å². The quantitative estimate of drug-likeness (QED) is 0.845. The normalized spacial score (nSPS) is 15.8. The van der Waals surface area contributed by atoms with Crippen molar-refractivity contribution in [3.63, 3.8) is 0 Å². The van der Waals surface area contributed by atoms with Gasteiger partial charge in [-0.05, 0) is 18.2 Å². The minimum Gasteiger partial charge on any atom is -0.478 e. The molecule has 0 unspecified atom stereocenters. The molecule has 8 heteroatoms. The Morgan fingerprint density at radius 1 is 1.15 bits per heavy atom. The number of rotatable bonds is 2. The van der Waals surface area contributed by atoms with Crippen LogP contribution >= 0.6 is 0 Å². The van der Waals surface area contributed by atoms with Crippen LogP contribution < -0.4 is 4.90 Å². The van der Waals surface area contributed by atoms with E-state index in [0.29, 0.717) is 17.0 Å². The van der Waals surface area contributed by atoms with E-state index in [1.165, 1.54) is 0 Å². The Morgan fingerprint density at radius 3 is 2.15 bits per heavy atom. The van der Waals surface area contributed by atoms with Crippen LogP contribution in [0.25, 0.3) is 0 Å². The number of anilines is 1. The Bertz CT molecular complexity index is 593. The van der Waals surface area contributed by atoms with Crippen molar-refractivity contribution in [1.82, 2.24) is 0 Å². The second-order valence-corrected chi connectivity index (χ2v) is 4.16. The number of nitrogens with zero attached hydrogens (tertiary/aromatic N) is 1. The molecule has 1 fully saturated rings. The highest BCUT2D eigenvalue weighted by Crippen LogP contribution is 2.35. The maximum atomic E-state index is 12.6. The lowest BCUT2D eigenvalue weighted by atomic mass is 10.1. The molecule has 5 nitrogen and oxygen atoms in total. The second-order valence-electron chi connectivity index (χ2n) is 4.16. The highest BCUT2D eigenvalue weighted by atomic mass is 19.4. The number of carboxylic acids is 1. The lowest BCUT2D eigenvalue weighted by Gasteiger charge is -2.18. The zero-order chi connectivity index (χ0) is 15.1. The van der Waals surface area contributed by atoms with Gasteiger partial charge in [0.05, 0.1) is 16.8 Å². The number of carbonyl (C=O) groups is 3. The summed E-state index contributed by atoms with van der Waals surface area (Å²) in [5.74, 6) is -2.94. The van der Waals surface area contributed by atoms with Gasteiger partial charge in [-0.1, -0.05) is 0 Å². The van der Waals surface area contributed by atoms with Crippen molar-refractivity contribution in [2.24, 2.45) is 0 Å². The highest BCUT2D eigenvalue weighted by Gasteiger charge is 2.36. The van der Waals surface area contributed by atoms with Crippen LogP contribution in [0.2, 0.25) is 0 Å². The first-order valence-corrected chi connectivity index (χ1v) is 5.52. The number of benzene rings is 1. The molecule has 1 saturated heterocycles. The molecule has 2 rings (SSSR count). The van der Waals surface area contributed by atoms with Crippen molar-refractivity contribution >= 4 is 23.5 Å². The van der Waals surface area contributed by atoms with Gasteiger partial charge in [0.2, 0.25) is 11.8 Å². The summed E-state index contributed by atoms with van der Waals surface area (Å²) in [5.41, 5.74) is -2.19. The van der Waals surface area contributed by atoms with Crippen LogP contribution in [0.5, 0.6) is 0 Å². The van der Waals surface area contributed by atoms with Crippen LogP contribution in [0.4, 0.5) is 18.9 Å². The third-order valence-electron chi connectivity index (χ3n) is 2.85. The highest BCUT2D eigenvalue weighted by molar-refractivity contribution is 6.21. The number of aromatic carboxylic acids is 1. The van der Waals surface area contributed by atoms with E-state index in [1.54, 1.807) is 0 Å². The summed E-state index contributed by atoms with van der Waals surface area (Å²) >= 11 is 0. The first-order valence-electron chi connectivity index (χ1n) is 5.52. The molecule has 20 heavy (non-hydrogen) atoms. The van der Waals surface area contributed by atoms with Gasteiger partial charge >= 0.3 is 12.1 Å². The minimum atomic E-state index is -4.70. The standard InChI is InChI=1S/C12H8F3NO4/c13-12(14,15)6-1-2-7(11(19)20)8(5-6)16-9(17)3-4-10(16)18/h1-2,5H,3-4H2,(H,19,20). The van der Waals surface area contributed by atoms with Crippen LogP contribution in [0.1, 0.15) is 28.8 Å². The van der Waals surface area contributed by atoms with Gasteiger partial charge < -0.3 is 5.11 Å².